The first kappa shape index (κ1) is 18.9. The Morgan fingerprint density at radius 1 is 1.40 bits per heavy atom. The number of halogens is 2. The summed E-state index contributed by atoms with van der Waals surface area (Å²) in [5.74, 6) is -0.284. The molecular formula is C12H16F2N6O4S. The van der Waals surface area contributed by atoms with Crippen LogP contribution < -0.4 is 4.72 Å². The Hall–Kier alpha value is -2.41. The highest BCUT2D eigenvalue weighted by Crippen LogP contribution is 2.19. The third kappa shape index (κ3) is 4.17. The van der Waals surface area contributed by atoms with Gasteiger partial charge in [0, 0.05) is 6.54 Å². The average molecular weight is 378 g/mol. The van der Waals surface area contributed by atoms with Gasteiger partial charge in [-0.1, -0.05) is 0 Å². The van der Waals surface area contributed by atoms with Crippen LogP contribution >= 0.6 is 0 Å². The molecule has 0 saturated heterocycles. The van der Waals surface area contributed by atoms with Gasteiger partial charge in [-0.3, -0.25) is 0 Å². The maximum Gasteiger partial charge on any atom is 0.390 e. The Balaban J connectivity index is 1.96. The Bertz CT molecular complexity index is 876. The third-order valence-electron chi connectivity index (χ3n) is 3.47. The monoisotopic (exact) mass is 378 g/mol. The molecule has 13 heteroatoms. The molecule has 0 aliphatic rings. The minimum absolute atomic E-state index is 0.00866. The topological polar surface area (TPSA) is 125 Å². The molecule has 2 rings (SSSR count). The van der Waals surface area contributed by atoms with Crippen LogP contribution in [0.25, 0.3) is 0 Å². The number of sulfonamides is 1. The highest BCUT2D eigenvalue weighted by Gasteiger charge is 2.23. The predicted molar refractivity (Wildman–Crippen MR) is 81.6 cm³/mol. The van der Waals surface area contributed by atoms with Crippen molar-refractivity contribution < 1.29 is 22.1 Å². The van der Waals surface area contributed by atoms with Gasteiger partial charge in [-0.25, -0.2) is 17.8 Å². The molecule has 0 amide bonds. The van der Waals surface area contributed by atoms with E-state index in [9.17, 15) is 27.3 Å². The lowest BCUT2D eigenvalue weighted by Gasteiger charge is -2.07. The molecule has 0 atom stereocenters. The minimum Gasteiger partial charge on any atom is -0.358 e. The molecule has 0 saturated carbocycles. The number of rotatable bonds is 8. The maximum absolute atomic E-state index is 12.6. The fourth-order valence-corrected chi connectivity index (χ4v) is 3.43. The molecule has 0 aliphatic heterocycles. The van der Waals surface area contributed by atoms with E-state index in [1.165, 1.54) is 17.7 Å². The van der Waals surface area contributed by atoms with Gasteiger partial charge in [-0.15, -0.1) is 0 Å². The largest absolute Gasteiger partial charge is 0.390 e. The van der Waals surface area contributed by atoms with E-state index in [-0.39, 0.29) is 29.5 Å². The molecule has 1 N–H and O–H groups in total. The Kier molecular flexibility index (Phi) is 5.47. The van der Waals surface area contributed by atoms with E-state index >= 15 is 0 Å². The molecular weight excluding hydrogens is 362 g/mol. The van der Waals surface area contributed by atoms with Gasteiger partial charge in [0.2, 0.25) is 10.0 Å². The fraction of sp³-hybridized carbons (Fsp3) is 0.500. The van der Waals surface area contributed by atoms with Crippen LogP contribution in [0.2, 0.25) is 0 Å². The van der Waals surface area contributed by atoms with E-state index in [0.29, 0.717) is 16.8 Å². The van der Waals surface area contributed by atoms with Crippen LogP contribution in [-0.4, -0.2) is 39.4 Å². The number of aryl methyl sites for hydroxylation is 2. The van der Waals surface area contributed by atoms with Crippen LogP contribution in [0.15, 0.2) is 17.2 Å². The first-order valence-corrected chi connectivity index (χ1v) is 8.62. The number of hydrogen-bond acceptors (Lipinski definition) is 6. The minimum atomic E-state index is -3.98. The van der Waals surface area contributed by atoms with Gasteiger partial charge in [0.25, 0.3) is 0 Å². The molecule has 0 radical (unpaired) electrons. The second kappa shape index (κ2) is 7.23. The number of hydrogen-bond donors (Lipinski definition) is 1. The van der Waals surface area contributed by atoms with Gasteiger partial charge in [0.15, 0.2) is 0 Å². The first-order chi connectivity index (χ1) is 11.6. The van der Waals surface area contributed by atoms with Gasteiger partial charge >= 0.3 is 12.4 Å². The fourth-order valence-electron chi connectivity index (χ4n) is 2.19. The molecule has 2 aromatic rings. The molecule has 0 aromatic carbocycles. The predicted octanol–water partition coefficient (Wildman–Crippen LogP) is 1.37. The summed E-state index contributed by atoms with van der Waals surface area (Å²) >= 11 is 0. The Labute approximate surface area is 141 Å². The summed E-state index contributed by atoms with van der Waals surface area (Å²) in [6.45, 7) is 0.223. The zero-order valence-electron chi connectivity index (χ0n) is 13.4. The average Bonchev–Trinajstić information content (AvgIpc) is 3.07. The SMILES string of the molecule is Cc1cc([N+](=O)[O-])nn1CCCNS(=O)(=O)c1cnn(C(F)F)c1C. The Morgan fingerprint density at radius 3 is 2.60 bits per heavy atom. The van der Waals surface area contributed by atoms with Crippen LogP contribution in [0, 0.1) is 24.0 Å². The summed E-state index contributed by atoms with van der Waals surface area (Å²) in [5.41, 5.74) is 0.407. The molecule has 2 heterocycles. The molecule has 138 valence electrons. The van der Waals surface area contributed by atoms with Crippen molar-refractivity contribution in [2.24, 2.45) is 0 Å². The van der Waals surface area contributed by atoms with E-state index in [2.05, 4.69) is 14.9 Å². The maximum atomic E-state index is 12.6. The van der Waals surface area contributed by atoms with Crippen molar-refractivity contribution in [1.29, 1.82) is 0 Å². The third-order valence-corrected chi connectivity index (χ3v) is 5.03. The van der Waals surface area contributed by atoms with Crippen LogP contribution in [0.5, 0.6) is 0 Å². The van der Waals surface area contributed by atoms with Crippen molar-refractivity contribution in [3.05, 3.63) is 33.8 Å². The van der Waals surface area contributed by atoms with Crippen molar-refractivity contribution in [2.75, 3.05) is 6.54 Å². The van der Waals surface area contributed by atoms with E-state index in [1.807, 2.05) is 0 Å². The molecule has 2 aromatic heterocycles. The molecule has 0 unspecified atom stereocenters. The standard InChI is InChI=1S/C12H16F2N6O4S/c1-8-6-11(20(21)22)17-18(8)5-3-4-16-25(23,24)10-7-15-19(9(10)2)12(13)14/h6-7,12,16H,3-5H2,1-2H3. The highest BCUT2D eigenvalue weighted by atomic mass is 32.2. The quantitative estimate of drug-likeness (QED) is 0.420. The number of aromatic nitrogens is 4. The summed E-state index contributed by atoms with van der Waals surface area (Å²) in [6, 6.07) is 1.31. The van der Waals surface area contributed by atoms with E-state index in [4.69, 9.17) is 0 Å². The van der Waals surface area contributed by atoms with E-state index < -0.39 is 21.5 Å². The smallest absolute Gasteiger partial charge is 0.358 e. The number of nitro groups is 1. The molecule has 10 nitrogen and oxygen atoms in total. The van der Waals surface area contributed by atoms with E-state index in [0.717, 1.165) is 6.20 Å². The summed E-state index contributed by atoms with van der Waals surface area (Å²) < 4.78 is 53.6. The number of nitrogens with one attached hydrogen (secondary N) is 1. The second-order valence-electron chi connectivity index (χ2n) is 5.19. The van der Waals surface area contributed by atoms with Gasteiger partial charge in [-0.05, 0) is 25.2 Å². The van der Waals surface area contributed by atoms with Crippen LogP contribution in [0.3, 0.4) is 0 Å². The van der Waals surface area contributed by atoms with Gasteiger partial charge in [0.05, 0.1) is 35.3 Å². The number of alkyl halides is 2. The highest BCUT2D eigenvalue weighted by molar-refractivity contribution is 7.89. The molecule has 0 bridgehead atoms. The molecule has 0 fully saturated rings. The van der Waals surface area contributed by atoms with Crippen molar-refractivity contribution in [3.63, 3.8) is 0 Å². The van der Waals surface area contributed by atoms with Crippen LogP contribution in [-0.2, 0) is 16.6 Å². The molecule has 0 spiro atoms. The Morgan fingerprint density at radius 2 is 2.08 bits per heavy atom. The van der Waals surface area contributed by atoms with E-state index in [1.54, 1.807) is 6.92 Å². The molecule has 0 aliphatic carbocycles. The first-order valence-electron chi connectivity index (χ1n) is 7.14. The normalized spacial score (nSPS) is 12.0. The summed E-state index contributed by atoms with van der Waals surface area (Å²) in [7, 11) is -3.98. The molecule has 25 heavy (non-hydrogen) atoms. The van der Waals surface area contributed by atoms with Crippen LogP contribution in [0.4, 0.5) is 14.6 Å². The number of nitrogens with zero attached hydrogens (tertiary/aromatic N) is 5. The zero-order valence-corrected chi connectivity index (χ0v) is 14.2. The van der Waals surface area contributed by atoms with Crippen molar-refractivity contribution in [2.45, 2.75) is 38.3 Å². The second-order valence-corrected chi connectivity index (χ2v) is 6.93. The zero-order chi connectivity index (χ0) is 18.8. The lowest BCUT2D eigenvalue weighted by atomic mass is 10.4. The summed E-state index contributed by atoms with van der Waals surface area (Å²) in [5, 5.41) is 17.8. The summed E-state index contributed by atoms with van der Waals surface area (Å²) in [6.07, 6.45) is 1.17. The van der Waals surface area contributed by atoms with Gasteiger partial charge in [0.1, 0.15) is 4.90 Å². The van der Waals surface area contributed by atoms with Crippen molar-refractivity contribution >= 4 is 15.8 Å². The van der Waals surface area contributed by atoms with Gasteiger partial charge in [-0.2, -0.15) is 18.6 Å². The van der Waals surface area contributed by atoms with Crippen molar-refractivity contribution in [1.82, 2.24) is 24.3 Å². The van der Waals surface area contributed by atoms with Crippen LogP contribution in [0.1, 0.15) is 24.4 Å². The lowest BCUT2D eigenvalue weighted by molar-refractivity contribution is -0.389. The summed E-state index contributed by atoms with van der Waals surface area (Å²) in [4.78, 5) is 9.71. The van der Waals surface area contributed by atoms with Crippen molar-refractivity contribution in [3.8, 4) is 0 Å². The van der Waals surface area contributed by atoms with Gasteiger partial charge < -0.3 is 10.1 Å². The lowest BCUT2D eigenvalue weighted by Crippen LogP contribution is -2.26.